The largest absolute Gasteiger partial charge is 0.371 e. The smallest absolute Gasteiger partial charge is 0.0402 e. The Kier molecular flexibility index (Phi) is 5.71. The Hall–Kier alpha value is -1.02. The Morgan fingerprint density at radius 2 is 1.95 bits per heavy atom. The van der Waals surface area contributed by atoms with Crippen molar-refractivity contribution in [3.05, 3.63) is 29.8 Å². The predicted octanol–water partition coefficient (Wildman–Crippen LogP) is 3.91. The van der Waals surface area contributed by atoms with E-state index in [2.05, 4.69) is 36.1 Å². The lowest BCUT2D eigenvalue weighted by Gasteiger charge is -2.19. The minimum atomic E-state index is 0.650. The molecule has 1 heterocycles. The summed E-state index contributed by atoms with van der Waals surface area (Å²) in [5.41, 5.74) is 8.72. The van der Waals surface area contributed by atoms with Crippen LogP contribution in [0.25, 0.3) is 0 Å². The molecule has 0 fully saturated rings. The van der Waals surface area contributed by atoms with Gasteiger partial charge in [-0.3, -0.25) is 0 Å². The molecule has 2 heteroatoms. The number of para-hydroxylation sites is 1. The highest BCUT2D eigenvalue weighted by atomic mass is 15.2. The van der Waals surface area contributed by atoms with Gasteiger partial charge in [-0.2, -0.15) is 0 Å². The molecule has 1 aromatic rings. The zero-order valence-electron chi connectivity index (χ0n) is 12.3. The summed E-state index contributed by atoms with van der Waals surface area (Å²) in [6.07, 6.45) is 7.90. The van der Waals surface area contributed by atoms with Gasteiger partial charge >= 0.3 is 0 Å². The SMILES string of the molecule is CCCCCCCN1CC(CCN)c2ccccc21. The fourth-order valence-electron chi connectivity index (χ4n) is 3.15. The van der Waals surface area contributed by atoms with Crippen LogP contribution in [0.1, 0.15) is 56.9 Å². The molecule has 0 amide bonds. The van der Waals surface area contributed by atoms with Gasteiger partial charge in [0.1, 0.15) is 0 Å². The molecule has 0 bridgehead atoms. The van der Waals surface area contributed by atoms with Gasteiger partial charge in [-0.15, -0.1) is 0 Å². The van der Waals surface area contributed by atoms with Crippen molar-refractivity contribution in [3.63, 3.8) is 0 Å². The van der Waals surface area contributed by atoms with Crippen LogP contribution in [0.3, 0.4) is 0 Å². The van der Waals surface area contributed by atoms with Crippen LogP contribution in [0.15, 0.2) is 24.3 Å². The second-order valence-electron chi connectivity index (χ2n) is 5.69. The van der Waals surface area contributed by atoms with E-state index in [4.69, 9.17) is 5.73 Å². The summed E-state index contributed by atoms with van der Waals surface area (Å²) in [6.45, 7) is 5.45. The van der Waals surface area contributed by atoms with E-state index in [0.29, 0.717) is 5.92 Å². The summed E-state index contributed by atoms with van der Waals surface area (Å²) >= 11 is 0. The van der Waals surface area contributed by atoms with Crippen LogP contribution in [0, 0.1) is 0 Å². The molecule has 1 aliphatic rings. The first kappa shape index (κ1) is 14.4. The Morgan fingerprint density at radius 1 is 1.16 bits per heavy atom. The lowest BCUT2D eigenvalue weighted by molar-refractivity contribution is 0.600. The lowest BCUT2D eigenvalue weighted by atomic mass is 9.98. The Labute approximate surface area is 118 Å². The molecule has 106 valence electrons. The molecule has 0 aromatic heterocycles. The van der Waals surface area contributed by atoms with Gasteiger partial charge < -0.3 is 10.6 Å². The van der Waals surface area contributed by atoms with E-state index in [9.17, 15) is 0 Å². The second-order valence-corrected chi connectivity index (χ2v) is 5.69. The minimum absolute atomic E-state index is 0.650. The first-order valence-electron chi connectivity index (χ1n) is 7.90. The molecule has 0 saturated heterocycles. The molecule has 2 rings (SSSR count). The van der Waals surface area contributed by atoms with Crippen molar-refractivity contribution in [2.24, 2.45) is 5.73 Å². The molecule has 1 atom stereocenters. The van der Waals surface area contributed by atoms with Crippen molar-refractivity contribution >= 4 is 5.69 Å². The number of rotatable bonds is 8. The minimum Gasteiger partial charge on any atom is -0.371 e. The topological polar surface area (TPSA) is 29.3 Å². The van der Waals surface area contributed by atoms with Gasteiger partial charge in [0, 0.05) is 24.7 Å². The van der Waals surface area contributed by atoms with E-state index in [1.54, 1.807) is 0 Å². The van der Waals surface area contributed by atoms with Crippen LogP contribution in [0.5, 0.6) is 0 Å². The van der Waals surface area contributed by atoms with Gasteiger partial charge in [-0.1, -0.05) is 50.8 Å². The Bertz CT molecular complexity index is 375. The van der Waals surface area contributed by atoms with Crippen molar-refractivity contribution < 1.29 is 0 Å². The Balaban J connectivity index is 1.88. The summed E-state index contributed by atoms with van der Waals surface area (Å²) in [7, 11) is 0. The Morgan fingerprint density at radius 3 is 2.74 bits per heavy atom. The predicted molar refractivity (Wildman–Crippen MR) is 83.8 cm³/mol. The van der Waals surface area contributed by atoms with E-state index < -0.39 is 0 Å². The standard InChI is InChI=1S/C17H28N2/c1-2-3-4-5-8-13-19-14-15(11-12-18)16-9-6-7-10-17(16)19/h6-7,9-10,15H,2-5,8,11-14,18H2,1H3. The zero-order chi connectivity index (χ0) is 13.5. The van der Waals surface area contributed by atoms with Crippen LogP contribution in [-0.2, 0) is 0 Å². The maximum Gasteiger partial charge on any atom is 0.0402 e. The van der Waals surface area contributed by atoms with Gasteiger partial charge in [-0.25, -0.2) is 0 Å². The number of hydrogen-bond donors (Lipinski definition) is 1. The molecule has 1 aromatic carbocycles. The van der Waals surface area contributed by atoms with Crippen molar-refractivity contribution in [2.75, 3.05) is 24.5 Å². The van der Waals surface area contributed by atoms with Crippen molar-refractivity contribution in [1.29, 1.82) is 0 Å². The fraction of sp³-hybridized carbons (Fsp3) is 0.647. The molecule has 0 radical (unpaired) electrons. The third-order valence-electron chi connectivity index (χ3n) is 4.20. The van der Waals surface area contributed by atoms with Gasteiger partial charge in [-0.05, 0) is 31.0 Å². The van der Waals surface area contributed by atoms with E-state index >= 15 is 0 Å². The third kappa shape index (κ3) is 3.73. The maximum absolute atomic E-state index is 5.75. The van der Waals surface area contributed by atoms with Gasteiger partial charge in [0.05, 0.1) is 0 Å². The van der Waals surface area contributed by atoms with Crippen molar-refractivity contribution in [2.45, 2.75) is 51.4 Å². The van der Waals surface area contributed by atoms with Crippen LogP contribution in [-0.4, -0.2) is 19.6 Å². The van der Waals surface area contributed by atoms with Crippen LogP contribution < -0.4 is 10.6 Å². The molecule has 2 N–H and O–H groups in total. The molecule has 0 aliphatic carbocycles. The molecule has 1 unspecified atom stereocenters. The fourth-order valence-corrected chi connectivity index (χ4v) is 3.15. The average Bonchev–Trinajstić information content (AvgIpc) is 2.78. The monoisotopic (exact) mass is 260 g/mol. The highest BCUT2D eigenvalue weighted by Gasteiger charge is 2.26. The van der Waals surface area contributed by atoms with Crippen LogP contribution in [0.2, 0.25) is 0 Å². The van der Waals surface area contributed by atoms with Crippen molar-refractivity contribution in [1.82, 2.24) is 0 Å². The number of unbranched alkanes of at least 4 members (excludes halogenated alkanes) is 4. The van der Waals surface area contributed by atoms with E-state index in [1.807, 2.05) is 0 Å². The first-order chi connectivity index (χ1) is 9.36. The van der Waals surface area contributed by atoms with Gasteiger partial charge in [0.15, 0.2) is 0 Å². The van der Waals surface area contributed by atoms with Gasteiger partial charge in [0.25, 0.3) is 0 Å². The lowest BCUT2D eigenvalue weighted by Crippen LogP contribution is -2.23. The molecule has 0 spiro atoms. The van der Waals surface area contributed by atoms with Gasteiger partial charge in [0.2, 0.25) is 0 Å². The maximum atomic E-state index is 5.75. The average molecular weight is 260 g/mol. The normalized spacial score (nSPS) is 17.8. The summed E-state index contributed by atoms with van der Waals surface area (Å²) in [6, 6.07) is 8.88. The summed E-state index contributed by atoms with van der Waals surface area (Å²) < 4.78 is 0. The molecule has 0 saturated carbocycles. The highest BCUT2D eigenvalue weighted by molar-refractivity contribution is 5.60. The number of benzene rings is 1. The molecule has 2 nitrogen and oxygen atoms in total. The van der Waals surface area contributed by atoms with Crippen LogP contribution >= 0.6 is 0 Å². The summed E-state index contributed by atoms with van der Waals surface area (Å²) in [5.74, 6) is 0.650. The number of nitrogens with two attached hydrogens (primary N) is 1. The quantitative estimate of drug-likeness (QED) is 0.718. The second kappa shape index (κ2) is 7.54. The number of anilines is 1. The number of hydrogen-bond acceptors (Lipinski definition) is 2. The van der Waals surface area contributed by atoms with E-state index in [-0.39, 0.29) is 0 Å². The molecular weight excluding hydrogens is 232 g/mol. The van der Waals surface area contributed by atoms with E-state index in [0.717, 1.165) is 13.0 Å². The number of nitrogens with zero attached hydrogens (tertiary/aromatic N) is 1. The van der Waals surface area contributed by atoms with Crippen molar-refractivity contribution in [3.8, 4) is 0 Å². The van der Waals surface area contributed by atoms with Crippen LogP contribution in [0.4, 0.5) is 5.69 Å². The third-order valence-corrected chi connectivity index (χ3v) is 4.20. The summed E-state index contributed by atoms with van der Waals surface area (Å²) in [4.78, 5) is 2.57. The number of fused-ring (bicyclic) bond motifs is 1. The zero-order valence-corrected chi connectivity index (χ0v) is 12.3. The first-order valence-corrected chi connectivity index (χ1v) is 7.90. The summed E-state index contributed by atoms with van der Waals surface area (Å²) in [5, 5.41) is 0. The highest BCUT2D eigenvalue weighted by Crippen LogP contribution is 2.37. The van der Waals surface area contributed by atoms with E-state index in [1.165, 1.54) is 56.4 Å². The molecule has 1 aliphatic heterocycles. The molecule has 19 heavy (non-hydrogen) atoms. The molecular formula is C17H28N2.